The van der Waals surface area contributed by atoms with Crippen molar-refractivity contribution in [3.8, 4) is 17.2 Å². The first-order valence-electron chi connectivity index (χ1n) is 9.06. The van der Waals surface area contributed by atoms with Crippen LogP contribution in [0.1, 0.15) is 22.3 Å². The maximum absolute atomic E-state index is 9.37. The van der Waals surface area contributed by atoms with E-state index >= 15 is 0 Å². The Morgan fingerprint density at radius 3 is 2.04 bits per heavy atom. The molecule has 3 aliphatic heterocycles. The van der Waals surface area contributed by atoms with Crippen molar-refractivity contribution in [2.45, 2.75) is 25.7 Å². The minimum Gasteiger partial charge on any atom is -0.492 e. The molecule has 2 aromatic carbocycles. The van der Waals surface area contributed by atoms with Crippen LogP contribution in [-0.2, 0) is 25.7 Å². The summed E-state index contributed by atoms with van der Waals surface area (Å²) < 4.78 is 17.9. The number of aliphatic hydroxyl groups excluding tert-OH is 1. The molecule has 0 fully saturated rings. The van der Waals surface area contributed by atoms with Gasteiger partial charge in [0.15, 0.2) is 0 Å². The van der Waals surface area contributed by atoms with E-state index in [9.17, 15) is 5.11 Å². The Balaban J connectivity index is 1.67. The minimum absolute atomic E-state index is 0.127. The molecule has 0 spiro atoms. The number of hydrogen-bond donors (Lipinski definition) is 1. The van der Waals surface area contributed by atoms with E-state index in [1.54, 1.807) is 0 Å². The molecule has 136 valence electrons. The normalized spacial score (nSPS) is 17.8. The van der Waals surface area contributed by atoms with Crippen LogP contribution in [0.4, 0.5) is 0 Å². The number of hydrogen-bond acceptors (Lipinski definition) is 4. The summed E-state index contributed by atoms with van der Waals surface area (Å²) in [5.74, 6) is 2.73. The van der Waals surface area contributed by atoms with Gasteiger partial charge < -0.3 is 19.3 Å². The molecule has 3 aliphatic rings. The highest BCUT2D eigenvalue weighted by Crippen LogP contribution is 2.52. The van der Waals surface area contributed by atoms with Crippen molar-refractivity contribution < 1.29 is 19.3 Å². The van der Waals surface area contributed by atoms with Gasteiger partial charge in [0.05, 0.1) is 32.4 Å². The van der Waals surface area contributed by atoms with E-state index in [0.29, 0.717) is 26.2 Å². The molecule has 2 aromatic rings. The lowest BCUT2D eigenvalue weighted by Gasteiger charge is -2.20. The molecule has 0 aliphatic carbocycles. The van der Waals surface area contributed by atoms with Crippen LogP contribution in [0, 0.1) is 0 Å². The summed E-state index contributed by atoms with van der Waals surface area (Å²) in [6, 6.07) is 6.45. The van der Waals surface area contributed by atoms with Gasteiger partial charge in [0.25, 0.3) is 0 Å². The van der Waals surface area contributed by atoms with Crippen LogP contribution in [0.5, 0.6) is 17.2 Å². The van der Waals surface area contributed by atoms with Crippen LogP contribution in [-0.4, -0.2) is 31.5 Å². The summed E-state index contributed by atoms with van der Waals surface area (Å²) in [6.45, 7) is 2.21. The number of fused-ring (bicyclic) bond motifs is 3. The Kier molecular flexibility index (Phi) is 4.23. The molecule has 6 heteroatoms. The van der Waals surface area contributed by atoms with Gasteiger partial charge in [-0.15, -0.1) is 0 Å². The van der Waals surface area contributed by atoms with Gasteiger partial charge in [0.1, 0.15) is 17.2 Å². The Morgan fingerprint density at radius 2 is 1.42 bits per heavy atom. The molecule has 0 radical (unpaired) electrons. The van der Waals surface area contributed by atoms with Crippen molar-refractivity contribution in [1.82, 2.24) is 0 Å². The fourth-order valence-corrected chi connectivity index (χ4v) is 6.56. The van der Waals surface area contributed by atoms with Crippen LogP contribution in [0.2, 0.25) is 0 Å². The van der Waals surface area contributed by atoms with E-state index in [1.807, 2.05) is 0 Å². The fourth-order valence-electron chi connectivity index (χ4n) is 4.04. The van der Waals surface area contributed by atoms with Crippen LogP contribution in [0.15, 0.2) is 18.2 Å². The van der Waals surface area contributed by atoms with Gasteiger partial charge in [-0.2, -0.15) is 0 Å². The first-order chi connectivity index (χ1) is 12.8. The summed E-state index contributed by atoms with van der Waals surface area (Å²) >= 11 is 7.12. The van der Waals surface area contributed by atoms with Gasteiger partial charge in [-0.3, -0.25) is 0 Å². The van der Waals surface area contributed by atoms with E-state index in [-0.39, 0.29) is 6.61 Å². The molecule has 4 nitrogen and oxygen atoms in total. The average molecular weight is 391 g/mol. The Hall–Kier alpha value is -1.48. The Morgan fingerprint density at radius 1 is 0.846 bits per heavy atom. The number of ether oxygens (including phenoxy) is 3. The number of benzene rings is 2. The van der Waals surface area contributed by atoms with Gasteiger partial charge in [-0.1, -0.05) is 17.3 Å². The van der Waals surface area contributed by atoms with Gasteiger partial charge >= 0.3 is 0 Å². The van der Waals surface area contributed by atoms with Crippen molar-refractivity contribution in [3.05, 3.63) is 40.5 Å². The molecular formula is C20H20ClO4P. The molecular weight excluding hydrogens is 371 g/mol. The monoisotopic (exact) mass is 390 g/mol. The third-order valence-corrected chi connectivity index (χ3v) is 7.84. The lowest BCUT2D eigenvalue weighted by atomic mass is 10.1. The predicted octanol–water partition coefficient (Wildman–Crippen LogP) is 2.61. The third-order valence-electron chi connectivity index (χ3n) is 5.23. The van der Waals surface area contributed by atoms with E-state index < -0.39 is 7.27 Å². The smallest absolute Gasteiger partial charge is 0.135 e. The molecule has 1 atom stereocenters. The standard InChI is InChI=1S/C20H20ClO4P/c21-26(16-10-12(1-5-22)9-13-2-6-23-17(13)16)20-18-14(3-7-24-18)11-15-4-8-25-19(15)20/h9-11,22H,1-8H2. The second-order valence-corrected chi connectivity index (χ2v) is 9.36. The van der Waals surface area contributed by atoms with Crippen LogP contribution < -0.4 is 24.8 Å². The topological polar surface area (TPSA) is 47.9 Å². The van der Waals surface area contributed by atoms with Gasteiger partial charge in [-0.25, -0.2) is 0 Å². The van der Waals surface area contributed by atoms with E-state index in [0.717, 1.165) is 52.7 Å². The summed E-state index contributed by atoms with van der Waals surface area (Å²) in [4.78, 5) is 0. The van der Waals surface area contributed by atoms with Gasteiger partial charge in [0.2, 0.25) is 0 Å². The molecule has 0 bridgehead atoms. The average Bonchev–Trinajstić information content (AvgIpc) is 3.37. The first kappa shape index (κ1) is 16.7. The highest BCUT2D eigenvalue weighted by molar-refractivity contribution is 7.96. The molecule has 5 rings (SSSR count). The molecule has 1 unspecified atom stereocenters. The molecule has 0 aromatic heterocycles. The van der Waals surface area contributed by atoms with E-state index in [1.165, 1.54) is 16.7 Å². The zero-order valence-electron chi connectivity index (χ0n) is 14.4. The molecule has 26 heavy (non-hydrogen) atoms. The third kappa shape index (κ3) is 2.58. The lowest BCUT2D eigenvalue weighted by molar-refractivity contribution is 0.299. The second-order valence-electron chi connectivity index (χ2n) is 6.85. The lowest BCUT2D eigenvalue weighted by Crippen LogP contribution is -2.16. The van der Waals surface area contributed by atoms with Crippen molar-refractivity contribution in [2.75, 3.05) is 26.4 Å². The summed E-state index contributed by atoms with van der Waals surface area (Å²) in [7, 11) is -1.19. The predicted molar refractivity (Wildman–Crippen MR) is 103 cm³/mol. The Labute approximate surface area is 158 Å². The fraction of sp³-hybridized carbons (Fsp3) is 0.400. The maximum Gasteiger partial charge on any atom is 0.135 e. The first-order valence-corrected chi connectivity index (χ1v) is 11.3. The number of aliphatic hydroxyl groups is 1. The van der Waals surface area contributed by atoms with Crippen LogP contribution in [0.3, 0.4) is 0 Å². The Bertz CT molecular complexity index is 851. The molecule has 1 N–H and O–H groups in total. The molecule has 3 heterocycles. The van der Waals surface area contributed by atoms with Gasteiger partial charge in [0, 0.05) is 31.2 Å². The van der Waals surface area contributed by atoms with Crippen LogP contribution >= 0.6 is 18.5 Å². The SMILES string of the molecule is OCCc1cc2c(c(P(Cl)c3c4c(cc5c3OCC5)CCO4)c1)OCC2. The highest BCUT2D eigenvalue weighted by Gasteiger charge is 2.34. The highest BCUT2D eigenvalue weighted by atomic mass is 35.7. The summed E-state index contributed by atoms with van der Waals surface area (Å²) in [6.07, 6.45) is 3.36. The van der Waals surface area contributed by atoms with Crippen molar-refractivity contribution >= 4 is 29.1 Å². The summed E-state index contributed by atoms with van der Waals surface area (Å²) in [5, 5.41) is 11.4. The quantitative estimate of drug-likeness (QED) is 0.815. The zero-order valence-corrected chi connectivity index (χ0v) is 16.0. The van der Waals surface area contributed by atoms with E-state index in [4.69, 9.17) is 25.5 Å². The molecule has 0 saturated carbocycles. The second kappa shape index (κ2) is 6.60. The van der Waals surface area contributed by atoms with Crippen LogP contribution in [0.25, 0.3) is 0 Å². The number of rotatable bonds is 4. The number of halogens is 1. The molecule has 0 saturated heterocycles. The van der Waals surface area contributed by atoms with Crippen molar-refractivity contribution in [2.24, 2.45) is 0 Å². The molecule has 0 amide bonds. The summed E-state index contributed by atoms with van der Waals surface area (Å²) in [5.41, 5.74) is 4.76. The van der Waals surface area contributed by atoms with E-state index in [2.05, 4.69) is 18.2 Å². The van der Waals surface area contributed by atoms with Crippen molar-refractivity contribution in [1.29, 1.82) is 0 Å². The minimum atomic E-state index is -1.19. The largest absolute Gasteiger partial charge is 0.492 e. The van der Waals surface area contributed by atoms with Crippen molar-refractivity contribution in [3.63, 3.8) is 0 Å². The maximum atomic E-state index is 9.37. The van der Waals surface area contributed by atoms with Gasteiger partial charge in [-0.05, 0) is 40.8 Å². The zero-order chi connectivity index (χ0) is 17.7.